The van der Waals surface area contributed by atoms with Gasteiger partial charge in [0.25, 0.3) is 0 Å². The average Bonchev–Trinajstić information content (AvgIpc) is 2.76. The standard InChI is InChI=1S/C22H28N4O5S/c1-17-4-3-5-20(12-17)26(14-19-7-6-18(13-23-19)22(27)30-2)32(28,29)25-10-8-24(9-11-25)21-15-31-16-21/h3-7,12-13,21H,8-11,14-16H2,1-2H3. The van der Waals surface area contributed by atoms with E-state index in [9.17, 15) is 13.2 Å². The van der Waals surface area contributed by atoms with Crippen LogP contribution < -0.4 is 4.31 Å². The highest BCUT2D eigenvalue weighted by Crippen LogP contribution is 2.25. The van der Waals surface area contributed by atoms with Gasteiger partial charge in [0.15, 0.2) is 0 Å². The summed E-state index contributed by atoms with van der Waals surface area (Å²) in [5, 5.41) is 0. The van der Waals surface area contributed by atoms with Gasteiger partial charge in [-0.15, -0.1) is 0 Å². The molecule has 32 heavy (non-hydrogen) atoms. The molecule has 0 unspecified atom stereocenters. The maximum absolute atomic E-state index is 13.7. The summed E-state index contributed by atoms with van der Waals surface area (Å²) in [6.07, 6.45) is 1.40. The van der Waals surface area contributed by atoms with Crippen LogP contribution in [0.25, 0.3) is 0 Å². The molecule has 0 amide bonds. The van der Waals surface area contributed by atoms with Crippen LogP contribution in [-0.2, 0) is 26.2 Å². The van der Waals surface area contributed by atoms with E-state index in [1.165, 1.54) is 21.9 Å². The fraction of sp³-hybridized carbons (Fsp3) is 0.455. The van der Waals surface area contributed by atoms with Crippen LogP contribution in [0.2, 0.25) is 0 Å². The summed E-state index contributed by atoms with van der Waals surface area (Å²) in [7, 11) is -2.48. The highest BCUT2D eigenvalue weighted by atomic mass is 32.2. The fourth-order valence-electron chi connectivity index (χ4n) is 3.87. The number of hydrogen-bond donors (Lipinski definition) is 0. The second-order valence-corrected chi connectivity index (χ2v) is 9.86. The molecule has 2 aliphatic heterocycles. The Balaban J connectivity index is 1.57. The SMILES string of the molecule is COC(=O)c1ccc(CN(c2cccc(C)c2)S(=O)(=O)N2CCN(C3COC3)CC2)nc1. The minimum Gasteiger partial charge on any atom is -0.465 e. The van der Waals surface area contributed by atoms with Crippen LogP contribution in [0, 0.1) is 6.92 Å². The van der Waals surface area contributed by atoms with Crippen molar-refractivity contribution in [2.75, 3.05) is 50.8 Å². The fourth-order valence-corrected chi connectivity index (χ4v) is 5.44. The highest BCUT2D eigenvalue weighted by molar-refractivity contribution is 7.90. The summed E-state index contributed by atoms with van der Waals surface area (Å²) >= 11 is 0. The lowest BCUT2D eigenvalue weighted by Gasteiger charge is -2.43. The molecular weight excluding hydrogens is 432 g/mol. The molecule has 2 aromatic rings. The van der Waals surface area contributed by atoms with Crippen LogP contribution in [0.1, 0.15) is 21.6 Å². The third-order valence-electron chi connectivity index (χ3n) is 5.86. The van der Waals surface area contributed by atoms with Crippen LogP contribution in [0.3, 0.4) is 0 Å². The van der Waals surface area contributed by atoms with E-state index in [1.807, 2.05) is 25.1 Å². The van der Waals surface area contributed by atoms with Crippen molar-refractivity contribution in [2.45, 2.75) is 19.5 Å². The molecule has 4 rings (SSSR count). The van der Waals surface area contributed by atoms with Gasteiger partial charge in [0, 0.05) is 32.4 Å². The van der Waals surface area contributed by atoms with Crippen molar-refractivity contribution >= 4 is 21.9 Å². The molecule has 0 radical (unpaired) electrons. The monoisotopic (exact) mass is 460 g/mol. The number of piperazine rings is 1. The van der Waals surface area contributed by atoms with Crippen molar-refractivity contribution in [3.63, 3.8) is 0 Å². The van der Waals surface area contributed by atoms with E-state index >= 15 is 0 Å². The van der Waals surface area contributed by atoms with Crippen molar-refractivity contribution in [1.82, 2.24) is 14.2 Å². The second-order valence-electron chi connectivity index (χ2n) is 8.01. The molecule has 2 saturated heterocycles. The predicted molar refractivity (Wildman–Crippen MR) is 120 cm³/mol. The van der Waals surface area contributed by atoms with Crippen LogP contribution in [0.5, 0.6) is 0 Å². The normalized spacial score (nSPS) is 18.2. The number of rotatable bonds is 7. The quantitative estimate of drug-likeness (QED) is 0.578. The lowest BCUT2D eigenvalue weighted by Crippen LogP contribution is -2.59. The lowest BCUT2D eigenvalue weighted by molar-refractivity contribution is -0.0721. The smallest absolute Gasteiger partial charge is 0.339 e. The van der Waals surface area contributed by atoms with Gasteiger partial charge in [-0.3, -0.25) is 14.2 Å². The third-order valence-corrected chi connectivity index (χ3v) is 7.77. The number of esters is 1. The van der Waals surface area contributed by atoms with Crippen LogP contribution >= 0.6 is 0 Å². The molecule has 0 atom stereocenters. The van der Waals surface area contributed by atoms with Gasteiger partial charge < -0.3 is 9.47 Å². The van der Waals surface area contributed by atoms with Gasteiger partial charge in [0.2, 0.25) is 0 Å². The molecule has 1 aromatic carbocycles. The van der Waals surface area contributed by atoms with Gasteiger partial charge in [-0.2, -0.15) is 12.7 Å². The number of nitrogens with zero attached hydrogens (tertiary/aromatic N) is 4. The van der Waals surface area contributed by atoms with Gasteiger partial charge >= 0.3 is 16.2 Å². The number of hydrogen-bond acceptors (Lipinski definition) is 7. The molecule has 3 heterocycles. The van der Waals surface area contributed by atoms with E-state index in [0.717, 1.165) is 18.8 Å². The van der Waals surface area contributed by atoms with Crippen molar-refractivity contribution in [3.8, 4) is 0 Å². The lowest BCUT2D eigenvalue weighted by atomic mass is 10.2. The second kappa shape index (κ2) is 9.53. The zero-order valence-corrected chi connectivity index (χ0v) is 19.1. The molecule has 0 bridgehead atoms. The largest absolute Gasteiger partial charge is 0.465 e. The van der Waals surface area contributed by atoms with Crippen molar-refractivity contribution in [2.24, 2.45) is 0 Å². The number of ether oxygens (including phenoxy) is 2. The maximum Gasteiger partial charge on any atom is 0.339 e. The number of aryl methyl sites for hydroxylation is 1. The Morgan fingerprint density at radius 2 is 1.94 bits per heavy atom. The third kappa shape index (κ3) is 4.78. The maximum atomic E-state index is 13.7. The first-order valence-corrected chi connectivity index (χ1v) is 12.0. The Labute approximate surface area is 188 Å². The van der Waals surface area contributed by atoms with Crippen LogP contribution in [0.4, 0.5) is 5.69 Å². The number of carbonyl (C=O) groups is 1. The Bertz CT molecular complexity index is 1050. The zero-order valence-electron chi connectivity index (χ0n) is 18.3. The molecule has 2 fully saturated rings. The minimum absolute atomic E-state index is 0.0594. The first-order valence-electron chi connectivity index (χ1n) is 10.6. The summed E-state index contributed by atoms with van der Waals surface area (Å²) in [4.78, 5) is 18.3. The van der Waals surface area contributed by atoms with E-state index in [1.54, 1.807) is 18.2 Å². The Hall–Kier alpha value is -2.53. The van der Waals surface area contributed by atoms with E-state index in [0.29, 0.717) is 49.2 Å². The first-order chi connectivity index (χ1) is 15.4. The number of pyridine rings is 1. The van der Waals surface area contributed by atoms with Gasteiger partial charge in [-0.1, -0.05) is 12.1 Å². The summed E-state index contributed by atoms with van der Waals surface area (Å²) in [5.41, 5.74) is 2.40. The zero-order chi connectivity index (χ0) is 22.7. The van der Waals surface area contributed by atoms with Crippen LogP contribution in [0.15, 0.2) is 42.6 Å². The van der Waals surface area contributed by atoms with Gasteiger partial charge in [-0.25, -0.2) is 4.79 Å². The number of benzene rings is 1. The average molecular weight is 461 g/mol. The molecule has 2 aliphatic rings. The summed E-state index contributed by atoms with van der Waals surface area (Å²) in [6.45, 7) is 5.64. The van der Waals surface area contributed by atoms with E-state index < -0.39 is 16.2 Å². The Kier molecular flexibility index (Phi) is 6.75. The number of carbonyl (C=O) groups excluding carboxylic acids is 1. The number of methoxy groups -OCH3 is 1. The number of anilines is 1. The molecule has 172 valence electrons. The summed E-state index contributed by atoms with van der Waals surface area (Å²) < 4.78 is 40.3. The van der Waals surface area contributed by atoms with Gasteiger partial charge in [0.05, 0.1) is 49.9 Å². The Morgan fingerprint density at radius 1 is 1.19 bits per heavy atom. The van der Waals surface area contributed by atoms with E-state index in [-0.39, 0.29) is 6.54 Å². The van der Waals surface area contributed by atoms with E-state index in [2.05, 4.69) is 9.88 Å². The first kappa shape index (κ1) is 22.7. The topological polar surface area (TPSA) is 92.3 Å². The molecule has 0 spiro atoms. The predicted octanol–water partition coefficient (Wildman–Crippen LogP) is 1.44. The van der Waals surface area contributed by atoms with Crippen molar-refractivity contribution in [1.29, 1.82) is 0 Å². The van der Waals surface area contributed by atoms with Crippen LogP contribution in [-0.4, -0.2) is 81.1 Å². The molecule has 0 N–H and O–H groups in total. The highest BCUT2D eigenvalue weighted by Gasteiger charge is 2.36. The summed E-state index contributed by atoms with van der Waals surface area (Å²) in [5.74, 6) is -0.484. The van der Waals surface area contributed by atoms with Crippen molar-refractivity contribution in [3.05, 3.63) is 59.4 Å². The molecule has 0 aliphatic carbocycles. The molecular formula is C22H28N4O5S. The molecule has 10 heteroatoms. The summed E-state index contributed by atoms with van der Waals surface area (Å²) in [6, 6.07) is 11.0. The number of aromatic nitrogens is 1. The van der Waals surface area contributed by atoms with Gasteiger partial charge in [-0.05, 0) is 36.8 Å². The molecule has 9 nitrogen and oxygen atoms in total. The molecule has 0 saturated carbocycles. The van der Waals surface area contributed by atoms with Gasteiger partial charge in [0.1, 0.15) is 0 Å². The minimum atomic E-state index is -3.78. The molecule has 1 aromatic heterocycles. The Morgan fingerprint density at radius 3 is 2.50 bits per heavy atom. The van der Waals surface area contributed by atoms with E-state index in [4.69, 9.17) is 9.47 Å². The van der Waals surface area contributed by atoms with Crippen molar-refractivity contribution < 1.29 is 22.7 Å².